The molecule has 0 aliphatic heterocycles. The van der Waals surface area contributed by atoms with Gasteiger partial charge in [0.05, 0.1) is 0 Å². The summed E-state index contributed by atoms with van der Waals surface area (Å²) >= 11 is 2.27. The van der Waals surface area contributed by atoms with Gasteiger partial charge in [0, 0.05) is 23.0 Å². The summed E-state index contributed by atoms with van der Waals surface area (Å²) in [6.07, 6.45) is 12.7. The van der Waals surface area contributed by atoms with Crippen LogP contribution in [0.5, 0.6) is 0 Å². The molecule has 0 saturated carbocycles. The lowest BCUT2D eigenvalue weighted by atomic mass is 10.3. The molecule has 2 nitrogen and oxygen atoms in total. The Labute approximate surface area is 203 Å². The van der Waals surface area contributed by atoms with E-state index in [9.17, 15) is 0 Å². The normalized spacial score (nSPS) is 14.7. The van der Waals surface area contributed by atoms with Crippen molar-refractivity contribution in [3.05, 3.63) is 0 Å². The van der Waals surface area contributed by atoms with E-state index in [-0.39, 0.29) is 0 Å². The van der Waals surface area contributed by atoms with Crippen molar-refractivity contribution >= 4 is 28.4 Å². The predicted molar refractivity (Wildman–Crippen MR) is 149 cm³/mol. The molecule has 0 heterocycles. The summed E-state index contributed by atoms with van der Waals surface area (Å²) in [7, 11) is -3.50. The van der Waals surface area contributed by atoms with E-state index < -0.39 is 16.6 Å². The van der Waals surface area contributed by atoms with Crippen molar-refractivity contribution < 1.29 is 8.85 Å². The fraction of sp³-hybridized carbons (Fsp3) is 1.00. The molecule has 2 unspecified atom stereocenters. The molecular weight excluding hydrogens is 433 g/mol. The van der Waals surface area contributed by atoms with Crippen LogP contribution in [0.1, 0.15) is 120 Å². The SMILES string of the molecule is CCCCCO[Si](CCC)(CCC)C(C)SC(C)[Si](CCC)(CCC)OCCCCC. The minimum absolute atomic E-state index is 0.656. The van der Waals surface area contributed by atoms with Crippen molar-refractivity contribution in [1.82, 2.24) is 0 Å². The van der Waals surface area contributed by atoms with Gasteiger partial charge in [-0.3, -0.25) is 0 Å². The molecule has 0 saturated heterocycles. The maximum absolute atomic E-state index is 6.91. The number of rotatable bonds is 22. The highest BCUT2D eigenvalue weighted by Crippen LogP contribution is 2.40. The summed E-state index contributed by atoms with van der Waals surface area (Å²) in [5, 5.41) is 0. The van der Waals surface area contributed by atoms with Crippen LogP contribution in [0, 0.1) is 0 Å². The Morgan fingerprint density at radius 1 is 0.516 bits per heavy atom. The zero-order chi connectivity index (χ0) is 23.6. The first-order valence-corrected chi connectivity index (χ1v) is 19.6. The van der Waals surface area contributed by atoms with Crippen LogP contribution in [0.3, 0.4) is 0 Å². The van der Waals surface area contributed by atoms with Gasteiger partial charge in [-0.2, -0.15) is 11.8 Å². The second-order valence-electron chi connectivity index (χ2n) is 9.66. The molecule has 5 heteroatoms. The third-order valence-electron chi connectivity index (χ3n) is 6.86. The van der Waals surface area contributed by atoms with Gasteiger partial charge in [-0.15, -0.1) is 0 Å². The first-order valence-electron chi connectivity index (χ1n) is 13.8. The summed E-state index contributed by atoms with van der Waals surface area (Å²) in [5.74, 6) is 0. The molecule has 0 aromatic heterocycles. The van der Waals surface area contributed by atoms with Gasteiger partial charge < -0.3 is 8.85 Å². The molecule has 31 heavy (non-hydrogen) atoms. The third kappa shape index (κ3) is 11.6. The number of hydrogen-bond donors (Lipinski definition) is 0. The molecule has 0 aromatic rings. The molecule has 0 aliphatic rings. The molecule has 0 fully saturated rings. The Morgan fingerprint density at radius 3 is 1.10 bits per heavy atom. The molecular formula is C26H58O2SSi2. The van der Waals surface area contributed by atoms with Crippen molar-refractivity contribution in [2.45, 2.75) is 154 Å². The van der Waals surface area contributed by atoms with E-state index in [0.717, 1.165) is 13.2 Å². The van der Waals surface area contributed by atoms with Crippen LogP contribution in [-0.4, -0.2) is 39.6 Å². The molecule has 2 atom stereocenters. The lowest BCUT2D eigenvalue weighted by Gasteiger charge is -2.42. The monoisotopic (exact) mass is 490 g/mol. The largest absolute Gasteiger partial charge is 0.416 e. The zero-order valence-corrected chi connectivity index (χ0v) is 25.5. The number of thioether (sulfide) groups is 1. The fourth-order valence-electron chi connectivity index (χ4n) is 5.09. The van der Waals surface area contributed by atoms with Crippen LogP contribution in [0.25, 0.3) is 0 Å². The van der Waals surface area contributed by atoms with Gasteiger partial charge in [-0.25, -0.2) is 0 Å². The van der Waals surface area contributed by atoms with Crippen molar-refractivity contribution in [1.29, 1.82) is 0 Å². The van der Waals surface area contributed by atoms with E-state index in [2.05, 4.69) is 67.2 Å². The molecule has 0 amide bonds. The molecule has 0 rings (SSSR count). The molecule has 0 spiro atoms. The van der Waals surface area contributed by atoms with Crippen molar-refractivity contribution in [3.63, 3.8) is 0 Å². The summed E-state index contributed by atoms with van der Waals surface area (Å²) < 4.78 is 13.8. The Morgan fingerprint density at radius 2 is 0.839 bits per heavy atom. The van der Waals surface area contributed by atoms with Crippen molar-refractivity contribution in [2.24, 2.45) is 0 Å². The van der Waals surface area contributed by atoms with Crippen LogP contribution in [-0.2, 0) is 8.85 Å². The van der Waals surface area contributed by atoms with E-state index in [1.165, 1.54) is 88.4 Å². The highest BCUT2D eigenvalue weighted by Gasteiger charge is 2.45. The molecule has 0 aliphatic carbocycles. The maximum Gasteiger partial charge on any atom is 0.205 e. The van der Waals surface area contributed by atoms with Crippen LogP contribution in [0.2, 0.25) is 24.2 Å². The van der Waals surface area contributed by atoms with Gasteiger partial charge in [0.2, 0.25) is 16.6 Å². The van der Waals surface area contributed by atoms with E-state index >= 15 is 0 Å². The van der Waals surface area contributed by atoms with Crippen LogP contribution in [0.15, 0.2) is 0 Å². The zero-order valence-electron chi connectivity index (χ0n) is 22.7. The summed E-state index contributed by atoms with van der Waals surface area (Å²) in [6, 6.07) is 5.28. The van der Waals surface area contributed by atoms with E-state index in [1.54, 1.807) is 0 Å². The molecule has 0 N–H and O–H groups in total. The third-order valence-corrected chi connectivity index (χ3v) is 21.0. The first kappa shape index (κ1) is 31.7. The van der Waals surface area contributed by atoms with Crippen molar-refractivity contribution in [3.8, 4) is 0 Å². The Balaban J connectivity index is 5.48. The lowest BCUT2D eigenvalue weighted by Crippen LogP contribution is -2.53. The summed E-state index contributed by atoms with van der Waals surface area (Å²) in [4.78, 5) is 1.31. The average Bonchev–Trinajstić information content (AvgIpc) is 2.74. The predicted octanol–water partition coefficient (Wildman–Crippen LogP) is 9.52. The van der Waals surface area contributed by atoms with Gasteiger partial charge in [0.25, 0.3) is 0 Å². The van der Waals surface area contributed by atoms with E-state index in [4.69, 9.17) is 8.85 Å². The van der Waals surface area contributed by atoms with Gasteiger partial charge in [0.1, 0.15) is 0 Å². The van der Waals surface area contributed by atoms with E-state index in [0.29, 0.717) is 9.75 Å². The lowest BCUT2D eigenvalue weighted by molar-refractivity contribution is 0.283. The van der Waals surface area contributed by atoms with E-state index in [1.807, 2.05) is 0 Å². The fourth-order valence-corrected chi connectivity index (χ4v) is 18.8. The molecule has 0 bridgehead atoms. The van der Waals surface area contributed by atoms with Crippen LogP contribution < -0.4 is 0 Å². The quantitative estimate of drug-likeness (QED) is 0.111. The molecule has 188 valence electrons. The Hall–Kier alpha value is 0.704. The summed E-state index contributed by atoms with van der Waals surface area (Å²) in [5.41, 5.74) is 0. The van der Waals surface area contributed by atoms with Crippen LogP contribution in [0.4, 0.5) is 0 Å². The van der Waals surface area contributed by atoms with Gasteiger partial charge >= 0.3 is 0 Å². The smallest absolute Gasteiger partial charge is 0.205 e. The Kier molecular flexibility index (Phi) is 19.5. The Bertz CT molecular complexity index is 361. The number of hydrogen-bond acceptors (Lipinski definition) is 3. The average molecular weight is 491 g/mol. The minimum atomic E-state index is -1.75. The second kappa shape index (κ2) is 19.1. The second-order valence-corrected chi connectivity index (χ2v) is 20.8. The minimum Gasteiger partial charge on any atom is -0.416 e. The van der Waals surface area contributed by atoms with Gasteiger partial charge in [-0.05, 0) is 37.0 Å². The maximum atomic E-state index is 6.91. The number of unbranched alkanes of at least 4 members (excludes halogenated alkanes) is 4. The van der Waals surface area contributed by atoms with Gasteiger partial charge in [0.15, 0.2) is 0 Å². The highest BCUT2D eigenvalue weighted by molar-refractivity contribution is 8.03. The van der Waals surface area contributed by atoms with Crippen molar-refractivity contribution in [2.75, 3.05) is 13.2 Å². The van der Waals surface area contributed by atoms with Crippen LogP contribution >= 0.6 is 11.8 Å². The summed E-state index contributed by atoms with van der Waals surface area (Å²) in [6.45, 7) is 21.0. The molecule has 0 aromatic carbocycles. The standard InChI is InChI=1S/C26H58O2SSi2/c1-9-15-17-19-27-30(21-11-3,22-12-4)25(7)29-26(8)31(23-13-5,24-14-6)28-20-18-16-10-2/h25-26H,9-24H2,1-8H3. The topological polar surface area (TPSA) is 18.5 Å². The highest BCUT2D eigenvalue weighted by atomic mass is 32.2. The van der Waals surface area contributed by atoms with Gasteiger partial charge in [-0.1, -0.05) is 107 Å². The molecule has 0 radical (unpaired) electrons. The first-order chi connectivity index (χ1) is 14.9.